The molecule has 5 saturated heterocycles. The number of hydrogen-bond acceptors (Lipinski definition) is 9. The number of ether oxygens (including phenoxy) is 1. The van der Waals surface area contributed by atoms with Crippen LogP contribution in [0.15, 0.2) is 43.0 Å². The molecule has 0 radical (unpaired) electrons. The lowest BCUT2D eigenvalue weighted by Gasteiger charge is -2.43. The van der Waals surface area contributed by atoms with Crippen LogP contribution in [0.4, 0.5) is 0 Å². The minimum atomic E-state index is 0.127. The summed E-state index contributed by atoms with van der Waals surface area (Å²) in [4.78, 5) is 0. The Morgan fingerprint density at radius 2 is 0.860 bits per heavy atom. The Kier molecular flexibility index (Phi) is 9.26. The van der Waals surface area contributed by atoms with Gasteiger partial charge in [-0.15, -0.1) is 6.58 Å². The maximum absolute atomic E-state index is 7.10. The third-order valence-corrected chi connectivity index (χ3v) is 15.6. The SMILES string of the molecule is C=CCC1CCC2C3NC4NC(NC5NC(NC6NC(NC(N3)C2C1Oc1ccccc1)C1CCCCC61)C1CCCCC51)C1CCCCC41. The van der Waals surface area contributed by atoms with Crippen LogP contribution in [0, 0.1) is 53.3 Å². The Hall–Kier alpha value is -1.56. The number of rotatable bonds is 4. The van der Waals surface area contributed by atoms with Crippen LogP contribution in [-0.4, -0.2) is 55.4 Å². The Morgan fingerprint density at radius 3 is 1.26 bits per heavy atom. The predicted molar refractivity (Wildman–Crippen MR) is 197 cm³/mol. The van der Waals surface area contributed by atoms with Crippen molar-refractivity contribution in [3.05, 3.63) is 43.0 Å². The number of benzene rings is 1. The van der Waals surface area contributed by atoms with Gasteiger partial charge in [-0.05, 0) is 117 Å². The van der Waals surface area contributed by atoms with Gasteiger partial charge in [-0.1, -0.05) is 62.8 Å². The van der Waals surface area contributed by atoms with Crippen molar-refractivity contribution in [3.63, 3.8) is 0 Å². The molecule has 5 heterocycles. The molecule has 0 amide bonds. The van der Waals surface area contributed by atoms with Crippen molar-refractivity contribution in [1.29, 1.82) is 0 Å². The summed E-state index contributed by atoms with van der Waals surface area (Å²) in [5.74, 6) is 6.36. The molecule has 5 aliphatic heterocycles. The smallest absolute Gasteiger partial charge is 0.119 e. The number of fused-ring (bicyclic) bond motifs is 20. The van der Waals surface area contributed by atoms with E-state index < -0.39 is 0 Å². The van der Waals surface area contributed by atoms with Gasteiger partial charge in [0.2, 0.25) is 0 Å². The summed E-state index contributed by atoms with van der Waals surface area (Å²) in [5.41, 5.74) is 0. The lowest BCUT2D eigenvalue weighted by atomic mass is 9.70. The largest absolute Gasteiger partial charge is 0.490 e. The summed E-state index contributed by atoms with van der Waals surface area (Å²) in [5, 5.41) is 34.1. The number of hydrogen-bond donors (Lipinski definition) is 8. The molecule has 18 unspecified atom stereocenters. The van der Waals surface area contributed by atoms with E-state index in [1.54, 1.807) is 0 Å². The maximum atomic E-state index is 7.10. The highest BCUT2D eigenvalue weighted by Crippen LogP contribution is 2.47. The van der Waals surface area contributed by atoms with Gasteiger partial charge in [0.25, 0.3) is 0 Å². The van der Waals surface area contributed by atoms with Gasteiger partial charge in [0.1, 0.15) is 11.9 Å². The van der Waals surface area contributed by atoms with Crippen LogP contribution < -0.4 is 47.3 Å². The van der Waals surface area contributed by atoms with Crippen molar-refractivity contribution in [2.45, 2.75) is 152 Å². The third-order valence-electron chi connectivity index (χ3n) is 15.6. The first-order valence-corrected chi connectivity index (χ1v) is 21.1. The molecular weight excluding hydrogens is 621 g/mol. The molecule has 9 fully saturated rings. The molecule has 8 N–H and O–H groups in total. The van der Waals surface area contributed by atoms with E-state index in [2.05, 4.69) is 85.5 Å². The molecule has 1 aromatic carbocycles. The lowest BCUT2D eigenvalue weighted by molar-refractivity contribution is -0.000962. The molecule has 50 heavy (non-hydrogen) atoms. The fourth-order valence-corrected chi connectivity index (χ4v) is 13.4. The Balaban J connectivity index is 1.01. The van der Waals surface area contributed by atoms with E-state index in [-0.39, 0.29) is 24.6 Å². The van der Waals surface area contributed by atoms with Crippen LogP contribution in [0.25, 0.3) is 0 Å². The van der Waals surface area contributed by atoms with E-state index in [1.807, 2.05) is 0 Å². The average molecular weight is 685 g/mol. The van der Waals surface area contributed by atoms with E-state index in [4.69, 9.17) is 4.74 Å². The lowest BCUT2D eigenvalue weighted by Crippen LogP contribution is -2.62. The van der Waals surface area contributed by atoms with Gasteiger partial charge in [-0.25, -0.2) is 0 Å². The van der Waals surface area contributed by atoms with Gasteiger partial charge in [0.05, 0.1) is 49.3 Å². The number of allylic oxidation sites excluding steroid dienone is 1. The standard InChI is InChI=1S/C41H64N8O/c1-2-12-23-21-22-31-32(33(23)50-24-13-4-3-5-14-24)41-48-39-30-20-11-10-19-29(30)37(46-39)44-35-26-16-7-6-15-25(26)34(42-35)43-36-27-17-8-9-18-28(27)38(45-36)47-40(31)49-41/h2-5,13-14,23,25-49H,1,6-12,15-22H2. The normalized spacial score (nSPS) is 51.2. The van der Waals surface area contributed by atoms with Gasteiger partial charge in [0.15, 0.2) is 0 Å². The first kappa shape index (κ1) is 33.0. The second-order valence-corrected chi connectivity index (χ2v) is 18.0. The van der Waals surface area contributed by atoms with Crippen molar-refractivity contribution in [2.24, 2.45) is 53.3 Å². The summed E-state index contributed by atoms with van der Waals surface area (Å²) in [6.07, 6.45) is 24.2. The summed E-state index contributed by atoms with van der Waals surface area (Å²) < 4.78 is 7.10. The molecule has 10 rings (SSSR count). The molecule has 18 atom stereocenters. The van der Waals surface area contributed by atoms with Crippen molar-refractivity contribution in [1.82, 2.24) is 42.5 Å². The quantitative estimate of drug-likeness (QED) is 0.219. The fraction of sp³-hybridized carbons (Fsp3) is 0.805. The average Bonchev–Trinajstić information content (AvgIpc) is 3.89. The van der Waals surface area contributed by atoms with Gasteiger partial charge in [-0.3, -0.25) is 42.5 Å². The predicted octanol–water partition coefficient (Wildman–Crippen LogP) is 4.47. The van der Waals surface area contributed by atoms with Crippen molar-refractivity contribution in [3.8, 4) is 5.75 Å². The first-order chi connectivity index (χ1) is 24.7. The highest BCUT2D eigenvalue weighted by molar-refractivity contribution is 5.22. The second-order valence-electron chi connectivity index (χ2n) is 18.0. The Morgan fingerprint density at radius 1 is 0.480 bits per heavy atom. The molecule has 9 heteroatoms. The van der Waals surface area contributed by atoms with Crippen LogP contribution in [0.1, 0.15) is 96.3 Å². The van der Waals surface area contributed by atoms with E-state index in [0.29, 0.717) is 84.1 Å². The monoisotopic (exact) mass is 685 g/mol. The van der Waals surface area contributed by atoms with Crippen LogP contribution in [-0.2, 0) is 0 Å². The van der Waals surface area contributed by atoms with Crippen molar-refractivity contribution in [2.75, 3.05) is 0 Å². The first-order valence-electron chi connectivity index (χ1n) is 21.1. The summed E-state index contributed by atoms with van der Waals surface area (Å²) >= 11 is 0. The highest BCUT2D eigenvalue weighted by atomic mass is 16.5. The Bertz CT molecular complexity index is 1330. The van der Waals surface area contributed by atoms with E-state index in [0.717, 1.165) is 12.2 Å². The number of nitrogens with one attached hydrogen (secondary N) is 8. The molecule has 8 bridgehead atoms. The molecule has 9 aliphatic rings. The molecule has 274 valence electrons. The van der Waals surface area contributed by atoms with E-state index >= 15 is 0 Å². The second kappa shape index (κ2) is 14.0. The molecule has 4 aliphatic carbocycles. The highest BCUT2D eigenvalue weighted by Gasteiger charge is 2.57. The number of para-hydroxylation sites is 1. The summed E-state index contributed by atoms with van der Waals surface area (Å²) in [6, 6.07) is 10.6. The molecular formula is C41H64N8O. The third kappa shape index (κ3) is 5.90. The van der Waals surface area contributed by atoms with Gasteiger partial charge in [-0.2, -0.15) is 0 Å². The van der Waals surface area contributed by atoms with E-state index in [9.17, 15) is 0 Å². The van der Waals surface area contributed by atoms with Crippen molar-refractivity contribution >= 4 is 0 Å². The summed E-state index contributed by atoms with van der Waals surface area (Å²) in [6.45, 7) is 4.20. The zero-order valence-corrected chi connectivity index (χ0v) is 30.1. The van der Waals surface area contributed by atoms with Crippen LogP contribution >= 0.6 is 0 Å². The zero-order chi connectivity index (χ0) is 33.2. The molecule has 4 saturated carbocycles. The topological polar surface area (TPSA) is 105 Å². The Labute approximate surface area is 300 Å². The van der Waals surface area contributed by atoms with Crippen LogP contribution in [0.2, 0.25) is 0 Å². The fourth-order valence-electron chi connectivity index (χ4n) is 13.4. The van der Waals surface area contributed by atoms with E-state index in [1.165, 1.54) is 89.9 Å². The van der Waals surface area contributed by atoms with Crippen molar-refractivity contribution < 1.29 is 4.74 Å². The van der Waals surface area contributed by atoms with Crippen LogP contribution in [0.3, 0.4) is 0 Å². The molecule has 9 nitrogen and oxygen atoms in total. The van der Waals surface area contributed by atoms with Gasteiger partial charge >= 0.3 is 0 Å². The van der Waals surface area contributed by atoms with Gasteiger partial charge < -0.3 is 4.74 Å². The minimum Gasteiger partial charge on any atom is -0.490 e. The maximum Gasteiger partial charge on any atom is 0.119 e. The minimum absolute atomic E-state index is 0.127. The molecule has 0 aromatic heterocycles. The molecule has 1 aromatic rings. The zero-order valence-electron chi connectivity index (χ0n) is 30.1. The van der Waals surface area contributed by atoms with Crippen LogP contribution in [0.5, 0.6) is 5.75 Å². The molecule has 0 spiro atoms. The van der Waals surface area contributed by atoms with Gasteiger partial charge in [0, 0.05) is 5.92 Å². The summed E-state index contributed by atoms with van der Waals surface area (Å²) in [7, 11) is 0.